The molecule has 5 heteroatoms. The van der Waals surface area contributed by atoms with Gasteiger partial charge in [0, 0.05) is 18.7 Å². The highest BCUT2D eigenvalue weighted by Gasteiger charge is 2.28. The molecule has 1 N–H and O–H groups in total. The largest absolute Gasteiger partial charge is 0.481 e. The molecule has 0 spiro atoms. The number of benzene rings is 1. The highest BCUT2D eigenvalue weighted by molar-refractivity contribution is 5.95. The molecule has 0 radical (unpaired) electrons. The summed E-state index contributed by atoms with van der Waals surface area (Å²) in [6.45, 7) is 2.47. The van der Waals surface area contributed by atoms with E-state index >= 15 is 0 Å². The number of carboxylic acids is 1. The number of aliphatic carboxylic acids is 1. The molecule has 1 aromatic carbocycles. The van der Waals surface area contributed by atoms with Gasteiger partial charge in [-0.3, -0.25) is 9.59 Å². The van der Waals surface area contributed by atoms with E-state index in [1.54, 1.807) is 11.8 Å². The summed E-state index contributed by atoms with van der Waals surface area (Å²) in [4.78, 5) is 24.7. The van der Waals surface area contributed by atoms with E-state index in [2.05, 4.69) is 0 Å². The van der Waals surface area contributed by atoms with Crippen molar-refractivity contribution in [1.29, 1.82) is 0 Å². The van der Waals surface area contributed by atoms with Crippen molar-refractivity contribution in [2.24, 2.45) is 5.92 Å². The summed E-state index contributed by atoms with van der Waals surface area (Å²) in [6, 6.07) is 4.04. The molecule has 0 aliphatic heterocycles. The molecule has 0 bridgehead atoms. The summed E-state index contributed by atoms with van der Waals surface area (Å²) >= 11 is 0. The summed E-state index contributed by atoms with van der Waals surface area (Å²) in [5, 5.41) is 8.77. The summed E-state index contributed by atoms with van der Waals surface area (Å²) in [5.41, 5.74) is 1.02. The zero-order valence-corrected chi connectivity index (χ0v) is 11.4. The average Bonchev–Trinajstić information content (AvgIpc) is 3.17. The van der Waals surface area contributed by atoms with Crippen LogP contribution >= 0.6 is 0 Å². The molecule has 0 aromatic heterocycles. The third-order valence-electron chi connectivity index (χ3n) is 3.48. The minimum Gasteiger partial charge on any atom is -0.481 e. The Hall–Kier alpha value is -1.91. The Morgan fingerprint density at radius 3 is 2.65 bits per heavy atom. The van der Waals surface area contributed by atoms with Crippen molar-refractivity contribution < 1.29 is 19.1 Å². The minimum absolute atomic E-state index is 0.0707. The number of halogens is 1. The Morgan fingerprint density at radius 1 is 1.40 bits per heavy atom. The van der Waals surface area contributed by atoms with Gasteiger partial charge in [0.25, 0.3) is 5.91 Å². The minimum atomic E-state index is -0.922. The zero-order valence-electron chi connectivity index (χ0n) is 11.4. The maximum Gasteiger partial charge on any atom is 0.305 e. The van der Waals surface area contributed by atoms with Crippen LogP contribution in [0.1, 0.15) is 35.2 Å². The monoisotopic (exact) mass is 279 g/mol. The summed E-state index contributed by atoms with van der Waals surface area (Å²) in [6.07, 6.45) is 2.09. The number of carbonyl (C=O) groups is 2. The molecule has 20 heavy (non-hydrogen) atoms. The predicted molar refractivity (Wildman–Crippen MR) is 72.0 cm³/mol. The van der Waals surface area contributed by atoms with Gasteiger partial charge in [-0.05, 0) is 49.4 Å². The van der Waals surface area contributed by atoms with Crippen molar-refractivity contribution >= 4 is 11.9 Å². The first kappa shape index (κ1) is 14.5. The molecule has 108 valence electrons. The van der Waals surface area contributed by atoms with Crippen molar-refractivity contribution in [2.75, 3.05) is 13.1 Å². The van der Waals surface area contributed by atoms with Gasteiger partial charge >= 0.3 is 5.97 Å². The fourth-order valence-corrected chi connectivity index (χ4v) is 2.16. The fourth-order valence-electron chi connectivity index (χ4n) is 2.16. The SMILES string of the molecule is Cc1cc(F)ccc1C(=O)N(CCC(=O)O)CC1CC1. The van der Waals surface area contributed by atoms with Gasteiger partial charge in [0.1, 0.15) is 5.82 Å². The summed E-state index contributed by atoms with van der Waals surface area (Å²) < 4.78 is 13.1. The van der Waals surface area contributed by atoms with Crippen LogP contribution in [0.2, 0.25) is 0 Å². The number of hydrogen-bond donors (Lipinski definition) is 1. The van der Waals surface area contributed by atoms with Crippen LogP contribution in [-0.2, 0) is 4.79 Å². The van der Waals surface area contributed by atoms with Crippen LogP contribution in [0.5, 0.6) is 0 Å². The molecule has 2 rings (SSSR count). The smallest absolute Gasteiger partial charge is 0.305 e. The van der Waals surface area contributed by atoms with Crippen LogP contribution in [0.3, 0.4) is 0 Å². The van der Waals surface area contributed by atoms with Gasteiger partial charge in [0.15, 0.2) is 0 Å². The molecule has 0 unspecified atom stereocenters. The molecule has 1 amide bonds. The molecule has 1 fully saturated rings. The van der Waals surface area contributed by atoms with Crippen LogP contribution < -0.4 is 0 Å². The normalized spacial score (nSPS) is 14.1. The van der Waals surface area contributed by atoms with Crippen LogP contribution in [0.4, 0.5) is 4.39 Å². The average molecular weight is 279 g/mol. The van der Waals surface area contributed by atoms with Crippen molar-refractivity contribution in [3.8, 4) is 0 Å². The molecular weight excluding hydrogens is 261 g/mol. The van der Waals surface area contributed by atoms with Crippen molar-refractivity contribution in [2.45, 2.75) is 26.2 Å². The van der Waals surface area contributed by atoms with Crippen LogP contribution in [0, 0.1) is 18.7 Å². The van der Waals surface area contributed by atoms with E-state index in [1.807, 2.05) is 0 Å². The van der Waals surface area contributed by atoms with Crippen molar-refractivity contribution in [1.82, 2.24) is 4.90 Å². The maximum atomic E-state index is 13.1. The van der Waals surface area contributed by atoms with Crippen LogP contribution in [0.15, 0.2) is 18.2 Å². The highest BCUT2D eigenvalue weighted by Crippen LogP contribution is 2.30. The first-order chi connectivity index (χ1) is 9.47. The lowest BCUT2D eigenvalue weighted by atomic mass is 10.1. The maximum absolute atomic E-state index is 13.1. The number of aryl methyl sites for hydroxylation is 1. The second-order valence-electron chi connectivity index (χ2n) is 5.30. The van der Waals surface area contributed by atoms with Gasteiger partial charge in [-0.1, -0.05) is 0 Å². The number of carbonyl (C=O) groups excluding carboxylic acids is 1. The van der Waals surface area contributed by atoms with E-state index in [0.717, 1.165) is 12.8 Å². The van der Waals surface area contributed by atoms with E-state index in [-0.39, 0.29) is 24.7 Å². The van der Waals surface area contributed by atoms with Crippen molar-refractivity contribution in [3.63, 3.8) is 0 Å². The van der Waals surface area contributed by atoms with Gasteiger partial charge in [-0.2, -0.15) is 0 Å². The molecule has 4 nitrogen and oxygen atoms in total. The Labute approximate surface area is 117 Å². The Morgan fingerprint density at radius 2 is 2.10 bits per heavy atom. The van der Waals surface area contributed by atoms with E-state index in [9.17, 15) is 14.0 Å². The molecule has 1 aromatic rings. The summed E-state index contributed by atoms with van der Waals surface area (Å²) in [5.74, 6) is -1.03. The number of carboxylic acid groups (broad SMARTS) is 1. The Bertz CT molecular complexity index is 526. The van der Waals surface area contributed by atoms with Gasteiger partial charge in [0.05, 0.1) is 6.42 Å². The van der Waals surface area contributed by atoms with Gasteiger partial charge in [-0.25, -0.2) is 4.39 Å². The molecular formula is C15H18FNO3. The van der Waals surface area contributed by atoms with Gasteiger partial charge < -0.3 is 10.0 Å². The quantitative estimate of drug-likeness (QED) is 0.870. The van der Waals surface area contributed by atoms with Gasteiger partial charge in [0.2, 0.25) is 0 Å². The van der Waals surface area contributed by atoms with E-state index in [4.69, 9.17) is 5.11 Å². The highest BCUT2D eigenvalue weighted by atomic mass is 19.1. The Balaban J connectivity index is 2.13. The molecule has 1 saturated carbocycles. The van der Waals surface area contributed by atoms with Crippen molar-refractivity contribution in [3.05, 3.63) is 35.1 Å². The van der Waals surface area contributed by atoms with Crippen LogP contribution in [-0.4, -0.2) is 35.0 Å². The van der Waals surface area contributed by atoms with Gasteiger partial charge in [-0.15, -0.1) is 0 Å². The third kappa shape index (κ3) is 3.79. The first-order valence-electron chi connectivity index (χ1n) is 6.74. The number of nitrogens with zero attached hydrogens (tertiary/aromatic N) is 1. The summed E-state index contributed by atoms with van der Waals surface area (Å²) in [7, 11) is 0. The van der Waals surface area contributed by atoms with Crippen LogP contribution in [0.25, 0.3) is 0 Å². The molecule has 1 aliphatic carbocycles. The lowest BCUT2D eigenvalue weighted by Crippen LogP contribution is -2.35. The standard InChI is InChI=1S/C15H18FNO3/c1-10-8-12(16)4-5-13(10)15(20)17(7-6-14(18)19)9-11-2-3-11/h4-5,8,11H,2-3,6-7,9H2,1H3,(H,18,19). The number of amides is 1. The number of rotatable bonds is 6. The Kier molecular flexibility index (Phi) is 4.37. The first-order valence-corrected chi connectivity index (χ1v) is 6.74. The third-order valence-corrected chi connectivity index (χ3v) is 3.48. The van der Waals surface area contributed by atoms with E-state index < -0.39 is 5.97 Å². The predicted octanol–water partition coefficient (Wildman–Crippen LogP) is 2.46. The molecule has 1 aliphatic rings. The topological polar surface area (TPSA) is 57.6 Å². The lowest BCUT2D eigenvalue weighted by molar-refractivity contribution is -0.137. The number of hydrogen-bond acceptors (Lipinski definition) is 2. The zero-order chi connectivity index (χ0) is 14.7. The second-order valence-corrected chi connectivity index (χ2v) is 5.30. The molecule has 0 heterocycles. The molecule has 0 atom stereocenters. The lowest BCUT2D eigenvalue weighted by Gasteiger charge is -2.22. The molecule has 0 saturated heterocycles. The fraction of sp³-hybridized carbons (Fsp3) is 0.467. The van der Waals surface area contributed by atoms with E-state index in [0.29, 0.717) is 23.6 Å². The second kappa shape index (κ2) is 6.03. The van der Waals surface area contributed by atoms with E-state index in [1.165, 1.54) is 18.2 Å².